The summed E-state index contributed by atoms with van der Waals surface area (Å²) in [6, 6.07) is 32.3. The molecular formula is C25H19F3P+. The van der Waals surface area contributed by atoms with Crippen LogP contribution in [0.1, 0.15) is 5.56 Å². The molecule has 0 bridgehead atoms. The molecule has 4 aromatic rings. The molecule has 0 nitrogen and oxygen atoms in total. The number of hydrogen-bond acceptors (Lipinski definition) is 0. The first-order valence-electron chi connectivity index (χ1n) is 9.29. The van der Waals surface area contributed by atoms with Crippen molar-refractivity contribution in [3.8, 4) is 0 Å². The third-order valence-corrected chi connectivity index (χ3v) is 9.43. The molecule has 0 spiro atoms. The zero-order valence-electron chi connectivity index (χ0n) is 15.6. The molecule has 4 aromatic carbocycles. The highest BCUT2D eigenvalue weighted by atomic mass is 31.2. The molecule has 0 amide bonds. The lowest BCUT2D eigenvalue weighted by atomic mass is 10.2. The Morgan fingerprint density at radius 1 is 0.517 bits per heavy atom. The van der Waals surface area contributed by atoms with Crippen molar-refractivity contribution in [2.24, 2.45) is 0 Å². The summed E-state index contributed by atoms with van der Waals surface area (Å²) < 4.78 is 41.6. The molecule has 0 saturated carbocycles. The Balaban J connectivity index is 2.00. The summed E-state index contributed by atoms with van der Waals surface area (Å²) in [5.74, 6) is -3.75. The van der Waals surface area contributed by atoms with E-state index in [0.717, 1.165) is 28.0 Å². The predicted octanol–water partition coefficient (Wildman–Crippen LogP) is 5.60. The van der Waals surface area contributed by atoms with Crippen molar-refractivity contribution in [2.75, 3.05) is 0 Å². The maximum atomic E-state index is 14.0. The summed E-state index contributed by atoms with van der Waals surface area (Å²) in [5.41, 5.74) is 0.436. The summed E-state index contributed by atoms with van der Waals surface area (Å²) in [6.45, 7) is 0. The second-order valence-corrected chi connectivity index (χ2v) is 10.3. The molecule has 0 radical (unpaired) electrons. The smallest absolute Gasteiger partial charge is 0.194 e. The Labute approximate surface area is 169 Å². The average Bonchev–Trinajstić information content (AvgIpc) is 2.77. The fourth-order valence-corrected chi connectivity index (χ4v) is 7.96. The molecule has 4 rings (SSSR count). The zero-order chi connectivity index (χ0) is 20.3. The van der Waals surface area contributed by atoms with Crippen molar-refractivity contribution >= 4 is 23.2 Å². The number of hydrogen-bond donors (Lipinski definition) is 0. The molecule has 0 aliphatic heterocycles. The van der Waals surface area contributed by atoms with Gasteiger partial charge in [-0.1, -0.05) is 54.6 Å². The summed E-state index contributed by atoms with van der Waals surface area (Å²) in [6.07, 6.45) is 0.388. The predicted molar refractivity (Wildman–Crippen MR) is 115 cm³/mol. The minimum atomic E-state index is -2.29. The van der Waals surface area contributed by atoms with Gasteiger partial charge in [0.25, 0.3) is 0 Å². The zero-order valence-corrected chi connectivity index (χ0v) is 16.5. The molecule has 0 N–H and O–H groups in total. The second kappa shape index (κ2) is 8.23. The summed E-state index contributed by atoms with van der Waals surface area (Å²) in [4.78, 5) is 0. The fraction of sp³-hybridized carbons (Fsp3) is 0.0400. The molecule has 0 aliphatic rings. The van der Waals surface area contributed by atoms with Gasteiger partial charge in [0.2, 0.25) is 0 Å². The van der Waals surface area contributed by atoms with E-state index in [1.807, 2.05) is 54.6 Å². The van der Waals surface area contributed by atoms with Gasteiger partial charge in [0, 0.05) is 0 Å². The van der Waals surface area contributed by atoms with Crippen molar-refractivity contribution in [1.29, 1.82) is 0 Å². The minimum Gasteiger partial charge on any atom is -0.204 e. The van der Waals surface area contributed by atoms with Crippen LogP contribution in [0.2, 0.25) is 0 Å². The number of benzene rings is 4. The van der Waals surface area contributed by atoms with Crippen LogP contribution in [0.4, 0.5) is 13.2 Å². The van der Waals surface area contributed by atoms with Crippen molar-refractivity contribution < 1.29 is 13.2 Å². The topological polar surface area (TPSA) is 0 Å². The Hall–Kier alpha value is -2.90. The fourth-order valence-electron chi connectivity index (χ4n) is 3.74. The first kappa shape index (κ1) is 19.4. The van der Waals surface area contributed by atoms with Crippen molar-refractivity contribution in [2.45, 2.75) is 6.16 Å². The molecule has 29 heavy (non-hydrogen) atoms. The van der Waals surface area contributed by atoms with Crippen molar-refractivity contribution in [3.05, 3.63) is 126 Å². The molecule has 0 atom stereocenters. The van der Waals surface area contributed by atoms with Crippen LogP contribution in [0.5, 0.6) is 0 Å². The molecule has 0 unspecified atom stereocenters. The Morgan fingerprint density at radius 2 is 0.862 bits per heavy atom. The van der Waals surface area contributed by atoms with E-state index in [1.54, 1.807) is 0 Å². The van der Waals surface area contributed by atoms with Gasteiger partial charge in [-0.15, -0.1) is 0 Å². The van der Waals surface area contributed by atoms with Gasteiger partial charge in [-0.05, 0) is 54.1 Å². The first-order valence-corrected chi connectivity index (χ1v) is 11.3. The third kappa shape index (κ3) is 3.71. The maximum Gasteiger partial charge on any atom is 0.194 e. The van der Waals surface area contributed by atoms with Crippen molar-refractivity contribution in [1.82, 2.24) is 0 Å². The van der Waals surface area contributed by atoms with Gasteiger partial charge < -0.3 is 0 Å². The number of rotatable bonds is 5. The third-order valence-electron chi connectivity index (χ3n) is 5.05. The first-order chi connectivity index (χ1) is 14.1. The molecule has 144 valence electrons. The van der Waals surface area contributed by atoms with Gasteiger partial charge in [-0.25, -0.2) is 13.2 Å². The van der Waals surface area contributed by atoms with Crippen molar-refractivity contribution in [3.63, 3.8) is 0 Å². The van der Waals surface area contributed by atoms with Crippen LogP contribution in [0.3, 0.4) is 0 Å². The highest BCUT2D eigenvalue weighted by Gasteiger charge is 2.45. The summed E-state index contributed by atoms with van der Waals surface area (Å²) in [7, 11) is -2.29. The van der Waals surface area contributed by atoms with E-state index in [1.165, 1.54) is 0 Å². The van der Waals surface area contributed by atoms with E-state index in [-0.39, 0.29) is 0 Å². The molecule has 0 heterocycles. The highest BCUT2D eigenvalue weighted by Crippen LogP contribution is 2.58. The molecule has 0 aromatic heterocycles. The van der Waals surface area contributed by atoms with Crippen LogP contribution in [0.15, 0.2) is 103 Å². The molecule has 0 saturated heterocycles. The number of halogens is 3. The summed E-state index contributed by atoms with van der Waals surface area (Å²) >= 11 is 0. The van der Waals surface area contributed by atoms with Gasteiger partial charge in [0.1, 0.15) is 23.2 Å². The van der Waals surface area contributed by atoms with Crippen LogP contribution < -0.4 is 15.9 Å². The maximum absolute atomic E-state index is 14.0. The van der Waals surface area contributed by atoms with Crippen LogP contribution in [0.25, 0.3) is 0 Å². The molecule has 4 heteroatoms. The highest BCUT2D eigenvalue weighted by molar-refractivity contribution is 7.95. The van der Waals surface area contributed by atoms with E-state index in [2.05, 4.69) is 36.4 Å². The van der Waals surface area contributed by atoms with Gasteiger partial charge >= 0.3 is 0 Å². The SMILES string of the molecule is Fc1cc(C[P+](c2ccccc2)(c2ccccc2)c2ccccc2)cc(F)c1F. The Morgan fingerprint density at radius 3 is 1.21 bits per heavy atom. The minimum absolute atomic E-state index is 0.388. The van der Waals surface area contributed by atoms with Crippen LogP contribution in [0, 0.1) is 17.5 Å². The lowest BCUT2D eigenvalue weighted by molar-refractivity contribution is 0.446. The van der Waals surface area contributed by atoms with E-state index in [9.17, 15) is 13.2 Å². The molecular weight excluding hydrogens is 388 g/mol. The lowest BCUT2D eigenvalue weighted by Crippen LogP contribution is -2.32. The largest absolute Gasteiger partial charge is 0.204 e. The van der Waals surface area contributed by atoms with Crippen LogP contribution in [-0.2, 0) is 6.16 Å². The molecule has 0 fully saturated rings. The normalized spacial score (nSPS) is 11.4. The monoisotopic (exact) mass is 407 g/mol. The Kier molecular flexibility index (Phi) is 5.51. The van der Waals surface area contributed by atoms with E-state index in [0.29, 0.717) is 11.7 Å². The van der Waals surface area contributed by atoms with E-state index in [4.69, 9.17) is 0 Å². The van der Waals surface area contributed by atoms with Crippen LogP contribution in [-0.4, -0.2) is 0 Å². The van der Waals surface area contributed by atoms with Gasteiger partial charge in [-0.2, -0.15) is 0 Å². The van der Waals surface area contributed by atoms with E-state index < -0.39 is 24.7 Å². The van der Waals surface area contributed by atoms with E-state index >= 15 is 0 Å². The van der Waals surface area contributed by atoms with Crippen LogP contribution >= 0.6 is 7.26 Å². The standard InChI is InChI=1S/C25H19F3P/c26-23-16-19(17-24(27)25(23)28)18-29(20-10-4-1-5-11-20,21-12-6-2-7-13-21)22-14-8-3-9-15-22/h1-17H,18H2/q+1. The van der Waals surface area contributed by atoms with Gasteiger partial charge in [0.15, 0.2) is 17.5 Å². The average molecular weight is 407 g/mol. The van der Waals surface area contributed by atoms with Gasteiger partial charge in [-0.3, -0.25) is 0 Å². The van der Waals surface area contributed by atoms with Gasteiger partial charge in [0.05, 0.1) is 6.16 Å². The quantitative estimate of drug-likeness (QED) is 0.299. The summed E-state index contributed by atoms with van der Waals surface area (Å²) in [5, 5.41) is 3.30. The lowest BCUT2D eigenvalue weighted by Gasteiger charge is -2.28. The second-order valence-electron chi connectivity index (χ2n) is 6.85. The Bertz CT molecular complexity index is 977. The molecule has 0 aliphatic carbocycles.